The second-order valence-electron chi connectivity index (χ2n) is 7.51. The first-order valence-electron chi connectivity index (χ1n) is 10.3. The molecule has 1 amide bonds. The van der Waals surface area contributed by atoms with Crippen LogP contribution in [0.4, 0.5) is 16.4 Å². The number of hydrogen-bond acceptors (Lipinski definition) is 6. The van der Waals surface area contributed by atoms with Crippen molar-refractivity contribution in [2.45, 2.75) is 19.9 Å². The summed E-state index contributed by atoms with van der Waals surface area (Å²) in [5.41, 5.74) is 3.14. The summed E-state index contributed by atoms with van der Waals surface area (Å²) in [6, 6.07) is 20.5. The molecular weight excluding hydrogens is 404 g/mol. The van der Waals surface area contributed by atoms with Gasteiger partial charge < -0.3 is 14.8 Å². The average molecular weight is 428 g/mol. The Bertz CT molecular complexity index is 1240. The van der Waals surface area contributed by atoms with Crippen LogP contribution in [-0.4, -0.2) is 29.2 Å². The summed E-state index contributed by atoms with van der Waals surface area (Å²) in [7, 11) is 1.62. The Morgan fingerprint density at radius 1 is 1.00 bits per heavy atom. The van der Waals surface area contributed by atoms with Crippen LogP contribution in [0.15, 0.2) is 72.9 Å². The molecule has 2 N–H and O–H groups in total. The van der Waals surface area contributed by atoms with Gasteiger partial charge in [-0.15, -0.1) is 0 Å². The van der Waals surface area contributed by atoms with Gasteiger partial charge in [0.25, 0.3) is 0 Å². The van der Waals surface area contributed by atoms with Gasteiger partial charge in [-0.25, -0.2) is 14.8 Å². The monoisotopic (exact) mass is 428 g/mol. The summed E-state index contributed by atoms with van der Waals surface area (Å²) in [5.74, 6) is 1.73. The first-order valence-corrected chi connectivity index (χ1v) is 10.3. The molecule has 32 heavy (non-hydrogen) atoms. The van der Waals surface area contributed by atoms with Crippen LogP contribution in [0.1, 0.15) is 13.8 Å². The maximum Gasteiger partial charge on any atom is 0.417 e. The molecule has 0 aliphatic rings. The van der Waals surface area contributed by atoms with Crippen molar-refractivity contribution in [2.24, 2.45) is 0 Å². The van der Waals surface area contributed by atoms with E-state index in [4.69, 9.17) is 9.47 Å². The molecule has 7 nitrogen and oxygen atoms in total. The zero-order valence-corrected chi connectivity index (χ0v) is 18.1. The van der Waals surface area contributed by atoms with Crippen LogP contribution in [0.2, 0.25) is 0 Å². The van der Waals surface area contributed by atoms with Gasteiger partial charge in [0.05, 0.1) is 12.6 Å². The molecule has 3 aromatic carbocycles. The molecule has 1 heterocycles. The number of fused-ring (bicyclic) bond motifs is 1. The van der Waals surface area contributed by atoms with E-state index in [9.17, 15) is 4.79 Å². The summed E-state index contributed by atoms with van der Waals surface area (Å²) < 4.78 is 10.9. The summed E-state index contributed by atoms with van der Waals surface area (Å²) in [4.78, 5) is 21.2. The number of anilines is 2. The van der Waals surface area contributed by atoms with Crippen molar-refractivity contribution in [1.29, 1.82) is 0 Å². The van der Waals surface area contributed by atoms with Gasteiger partial charge in [-0.05, 0) is 49.7 Å². The van der Waals surface area contributed by atoms with Crippen molar-refractivity contribution >= 4 is 28.6 Å². The van der Waals surface area contributed by atoms with E-state index in [1.54, 1.807) is 43.6 Å². The lowest BCUT2D eigenvalue weighted by atomic mass is 10.0. The van der Waals surface area contributed by atoms with Crippen molar-refractivity contribution in [3.05, 3.63) is 72.9 Å². The molecule has 0 spiro atoms. The highest BCUT2D eigenvalue weighted by Gasteiger charge is 2.12. The lowest BCUT2D eigenvalue weighted by Crippen LogP contribution is -2.16. The predicted molar refractivity (Wildman–Crippen MR) is 126 cm³/mol. The van der Waals surface area contributed by atoms with E-state index >= 15 is 0 Å². The third-order valence-electron chi connectivity index (χ3n) is 4.69. The number of rotatable bonds is 6. The fourth-order valence-electron chi connectivity index (χ4n) is 3.29. The lowest BCUT2D eigenvalue weighted by molar-refractivity contribution is 0.215. The zero-order valence-electron chi connectivity index (χ0n) is 18.1. The molecule has 0 bridgehead atoms. The van der Waals surface area contributed by atoms with Crippen molar-refractivity contribution in [1.82, 2.24) is 9.97 Å². The molecule has 1 aromatic heterocycles. The van der Waals surface area contributed by atoms with Gasteiger partial charge in [0.2, 0.25) is 5.95 Å². The van der Waals surface area contributed by atoms with Gasteiger partial charge >= 0.3 is 6.09 Å². The van der Waals surface area contributed by atoms with Crippen LogP contribution in [0, 0.1) is 0 Å². The first-order chi connectivity index (χ1) is 15.5. The Morgan fingerprint density at radius 2 is 1.81 bits per heavy atom. The molecule has 4 rings (SSSR count). The van der Waals surface area contributed by atoms with Gasteiger partial charge in [-0.1, -0.05) is 30.3 Å². The van der Waals surface area contributed by atoms with Crippen molar-refractivity contribution in [3.63, 3.8) is 0 Å². The number of carbonyl (C=O) groups is 1. The van der Waals surface area contributed by atoms with Crippen LogP contribution in [0.5, 0.6) is 11.5 Å². The van der Waals surface area contributed by atoms with E-state index in [0.29, 0.717) is 23.1 Å². The van der Waals surface area contributed by atoms with E-state index in [2.05, 4.69) is 20.6 Å². The van der Waals surface area contributed by atoms with E-state index in [0.717, 1.165) is 22.0 Å². The Labute approximate surface area is 186 Å². The number of benzene rings is 3. The van der Waals surface area contributed by atoms with Crippen molar-refractivity contribution < 1.29 is 14.3 Å². The molecule has 0 atom stereocenters. The number of nitrogens with zero attached hydrogens (tertiary/aromatic N) is 2. The highest BCUT2D eigenvalue weighted by atomic mass is 16.6. The lowest BCUT2D eigenvalue weighted by Gasteiger charge is -2.13. The smallest absolute Gasteiger partial charge is 0.417 e. The molecule has 0 radical (unpaired) electrons. The summed E-state index contributed by atoms with van der Waals surface area (Å²) >= 11 is 0. The highest BCUT2D eigenvalue weighted by molar-refractivity contribution is 5.91. The average Bonchev–Trinajstić information content (AvgIpc) is 2.78. The second-order valence-corrected chi connectivity index (χ2v) is 7.51. The molecule has 0 saturated carbocycles. The number of ether oxygens (including phenoxy) is 2. The molecule has 0 aliphatic heterocycles. The highest BCUT2D eigenvalue weighted by Crippen LogP contribution is 2.35. The van der Waals surface area contributed by atoms with E-state index in [1.165, 1.54) is 0 Å². The van der Waals surface area contributed by atoms with Crippen molar-refractivity contribution in [3.8, 4) is 22.6 Å². The molecule has 7 heteroatoms. The van der Waals surface area contributed by atoms with Gasteiger partial charge in [-0.2, -0.15) is 0 Å². The Hall–Kier alpha value is -4.13. The number of methoxy groups -OCH3 is 1. The summed E-state index contributed by atoms with van der Waals surface area (Å²) in [6.45, 7) is 4.07. The van der Waals surface area contributed by atoms with Crippen LogP contribution in [-0.2, 0) is 0 Å². The zero-order chi connectivity index (χ0) is 22.5. The van der Waals surface area contributed by atoms with E-state index in [-0.39, 0.29) is 6.04 Å². The minimum atomic E-state index is -0.558. The Balaban J connectivity index is 1.61. The predicted octanol–water partition coefficient (Wildman–Crippen LogP) is 5.74. The molecule has 4 aromatic rings. The minimum absolute atomic E-state index is 0.234. The number of hydrogen-bond donors (Lipinski definition) is 2. The maximum absolute atomic E-state index is 12.3. The normalized spacial score (nSPS) is 10.8. The van der Waals surface area contributed by atoms with Crippen LogP contribution < -0.4 is 20.1 Å². The summed E-state index contributed by atoms with van der Waals surface area (Å²) in [5, 5.41) is 6.86. The van der Waals surface area contributed by atoms with Crippen LogP contribution >= 0.6 is 0 Å². The Morgan fingerprint density at radius 3 is 2.56 bits per heavy atom. The molecule has 0 fully saturated rings. The largest absolute Gasteiger partial charge is 0.496 e. The SMILES string of the molecule is COc1cc2nc(NC(C)C)ncc2cc1-c1cccc(NC(=O)Oc2ccccc2)c1. The van der Waals surface area contributed by atoms with Gasteiger partial charge in [-0.3, -0.25) is 5.32 Å². The molecule has 0 aliphatic carbocycles. The number of para-hydroxylation sites is 1. The van der Waals surface area contributed by atoms with E-state index in [1.807, 2.05) is 50.2 Å². The van der Waals surface area contributed by atoms with Gasteiger partial charge in [0, 0.05) is 34.9 Å². The first kappa shape index (κ1) is 21.1. The number of nitrogens with one attached hydrogen (secondary N) is 2. The van der Waals surface area contributed by atoms with Crippen LogP contribution in [0.25, 0.3) is 22.0 Å². The van der Waals surface area contributed by atoms with E-state index < -0.39 is 6.09 Å². The van der Waals surface area contributed by atoms with Gasteiger partial charge in [0.1, 0.15) is 11.5 Å². The molecule has 0 unspecified atom stereocenters. The number of carbonyl (C=O) groups excluding carboxylic acids is 1. The van der Waals surface area contributed by atoms with Crippen molar-refractivity contribution in [2.75, 3.05) is 17.7 Å². The standard InChI is InChI=1S/C25H24N4O3/c1-16(2)27-24-26-15-18-13-21(23(31-3)14-22(18)29-24)17-8-7-9-19(12-17)28-25(30)32-20-10-5-4-6-11-20/h4-16H,1-3H3,(H,28,30)(H,26,27,29). The fourth-order valence-corrected chi connectivity index (χ4v) is 3.29. The second kappa shape index (κ2) is 9.34. The summed E-state index contributed by atoms with van der Waals surface area (Å²) in [6.07, 6.45) is 1.23. The fraction of sp³-hybridized carbons (Fsp3) is 0.160. The maximum atomic E-state index is 12.3. The minimum Gasteiger partial charge on any atom is -0.496 e. The van der Waals surface area contributed by atoms with Crippen LogP contribution in [0.3, 0.4) is 0 Å². The third-order valence-corrected chi connectivity index (χ3v) is 4.69. The third kappa shape index (κ3) is 4.95. The van der Waals surface area contributed by atoms with Gasteiger partial charge in [0.15, 0.2) is 0 Å². The molecule has 0 saturated heterocycles. The molecular formula is C25H24N4O3. The number of aromatic nitrogens is 2. The quantitative estimate of drug-likeness (QED) is 0.408. The molecule has 162 valence electrons. The topological polar surface area (TPSA) is 85.4 Å². The Kier molecular flexibility index (Phi) is 6.17. The number of amides is 1.